The first-order valence-electron chi connectivity index (χ1n) is 2.11. The van der Waals surface area contributed by atoms with Crippen LogP contribution in [0.5, 0.6) is 0 Å². The quantitative estimate of drug-likeness (QED) is 0.585. The Bertz CT molecular complexity index is 130. The zero-order chi connectivity index (χ0) is 7.11. The van der Waals surface area contributed by atoms with Crippen molar-refractivity contribution in [3.63, 3.8) is 0 Å². The number of hydrogen-bond donors (Lipinski definition) is 0. The number of rotatable bonds is 0. The van der Waals surface area contributed by atoms with Gasteiger partial charge in [-0.3, -0.25) is 0 Å². The van der Waals surface area contributed by atoms with Gasteiger partial charge in [0.1, 0.15) is 0 Å². The van der Waals surface area contributed by atoms with Crippen molar-refractivity contribution < 1.29 is 13.2 Å². The summed E-state index contributed by atoms with van der Waals surface area (Å²) in [6.45, 7) is 0. The summed E-state index contributed by atoms with van der Waals surface area (Å²) in [4.78, 5) is 0. The van der Waals surface area contributed by atoms with Crippen molar-refractivity contribution in [3.05, 3.63) is 21.3 Å². The molecule has 1 aromatic heterocycles. The second kappa shape index (κ2) is 7.87. The molecule has 0 amide bonds. The predicted molar refractivity (Wildman–Crippen MR) is 49.9 cm³/mol. The van der Waals surface area contributed by atoms with Gasteiger partial charge in [-0.1, -0.05) is 0 Å². The summed E-state index contributed by atoms with van der Waals surface area (Å²) >= 11 is 11.2. The van der Waals surface area contributed by atoms with Crippen LogP contribution in [0.1, 0.15) is 0 Å². The Morgan fingerprint density at radius 2 is 2.00 bits per heavy atom. The molecule has 0 aliphatic heterocycles. The fourth-order valence-corrected chi connectivity index (χ4v) is 1.39. The molecule has 1 rings (SSSR count). The van der Waals surface area contributed by atoms with Crippen molar-refractivity contribution in [1.29, 1.82) is 0 Å². The SMILES string of the molecule is Brc1ccsc1.[Br][Zn][Br]. The van der Waals surface area contributed by atoms with E-state index in [2.05, 4.69) is 43.2 Å². The van der Waals surface area contributed by atoms with Gasteiger partial charge in [-0.2, -0.15) is 11.3 Å². The number of thiophene rings is 1. The molecule has 1 aromatic rings. The van der Waals surface area contributed by atoms with Gasteiger partial charge in [0.05, 0.1) is 0 Å². The minimum absolute atomic E-state index is 0.250. The molecule has 0 unspecified atom stereocenters. The van der Waals surface area contributed by atoms with E-state index in [1.165, 1.54) is 4.47 Å². The standard InChI is InChI=1S/C4H3BrS.2BrH.Zn/c5-4-1-2-6-3-4;;;/h1-3H;2*1H;/q;;;+2/p-2. The molecule has 0 atom stereocenters. The summed E-state index contributed by atoms with van der Waals surface area (Å²) in [6, 6.07) is 2.02. The van der Waals surface area contributed by atoms with Crippen molar-refractivity contribution >= 4 is 54.5 Å². The molecule has 9 heavy (non-hydrogen) atoms. The van der Waals surface area contributed by atoms with Crippen molar-refractivity contribution in [2.24, 2.45) is 0 Å². The number of hydrogen-bond acceptors (Lipinski definition) is 1. The average molecular weight is 388 g/mol. The van der Waals surface area contributed by atoms with Crippen LogP contribution >= 0.6 is 54.5 Å². The fraction of sp³-hybridized carbons (Fsp3) is 0. The normalized spacial score (nSPS) is 7.00. The first-order chi connectivity index (χ1) is 4.31. The van der Waals surface area contributed by atoms with E-state index in [0.29, 0.717) is 0 Å². The fourth-order valence-electron chi connectivity index (χ4n) is 0.248. The van der Waals surface area contributed by atoms with E-state index in [0.717, 1.165) is 0 Å². The molecule has 0 saturated heterocycles. The molecule has 5 heteroatoms. The predicted octanol–water partition coefficient (Wildman–Crippen LogP) is 4.20. The summed E-state index contributed by atoms with van der Waals surface area (Å²) in [6.07, 6.45) is 0. The Kier molecular flexibility index (Phi) is 9.41. The molecule has 0 N–H and O–H groups in total. The maximum absolute atomic E-state index is 3.29. The Balaban J connectivity index is 0.000000187. The maximum atomic E-state index is 3.29. The summed E-state index contributed by atoms with van der Waals surface area (Å²) in [7, 11) is 0. The summed E-state index contributed by atoms with van der Waals surface area (Å²) in [5, 5.41) is 4.07. The Morgan fingerprint density at radius 3 is 2.11 bits per heavy atom. The van der Waals surface area contributed by atoms with Gasteiger partial charge in [0.25, 0.3) is 0 Å². The van der Waals surface area contributed by atoms with E-state index >= 15 is 0 Å². The molecule has 0 bridgehead atoms. The summed E-state index contributed by atoms with van der Waals surface area (Å²) < 4.78 is 1.17. The molecule has 0 nitrogen and oxygen atoms in total. The van der Waals surface area contributed by atoms with Crippen LogP contribution in [0.15, 0.2) is 21.3 Å². The Labute approximate surface area is 87.9 Å². The molecule has 1 heterocycles. The molecular weight excluding hydrogens is 385 g/mol. The third-order valence-electron chi connectivity index (χ3n) is 0.486. The van der Waals surface area contributed by atoms with Gasteiger partial charge in [0.15, 0.2) is 0 Å². The zero-order valence-electron chi connectivity index (χ0n) is 4.48. The summed E-state index contributed by atoms with van der Waals surface area (Å²) in [5.74, 6) is 0. The van der Waals surface area contributed by atoms with E-state index in [-0.39, 0.29) is 13.2 Å². The first-order valence-corrected chi connectivity index (χ1v) is 17.7. The number of halogens is 3. The van der Waals surface area contributed by atoms with Crippen molar-refractivity contribution in [1.82, 2.24) is 0 Å². The van der Waals surface area contributed by atoms with Gasteiger partial charge in [-0.15, -0.1) is 0 Å². The van der Waals surface area contributed by atoms with Crippen LogP contribution < -0.4 is 0 Å². The van der Waals surface area contributed by atoms with E-state index in [1.54, 1.807) is 11.3 Å². The summed E-state index contributed by atoms with van der Waals surface area (Å²) in [5.41, 5.74) is 0. The second-order valence-electron chi connectivity index (χ2n) is 1.04. The molecular formula is C4H3Br3SZn. The third kappa shape index (κ3) is 7.66. The van der Waals surface area contributed by atoms with Gasteiger partial charge < -0.3 is 0 Å². The average Bonchev–Trinajstić information content (AvgIpc) is 2.20. The zero-order valence-corrected chi connectivity index (χ0v) is 13.0. The van der Waals surface area contributed by atoms with Crippen LogP contribution in [0.2, 0.25) is 0 Å². The molecule has 0 aromatic carbocycles. The molecule has 0 aliphatic rings. The molecule has 0 saturated carbocycles. The van der Waals surface area contributed by atoms with Crippen LogP contribution in [-0.4, -0.2) is 0 Å². The second-order valence-corrected chi connectivity index (χ2v) is 16.8. The van der Waals surface area contributed by atoms with Crippen molar-refractivity contribution in [2.75, 3.05) is 0 Å². The van der Waals surface area contributed by atoms with Crippen LogP contribution in [0.4, 0.5) is 0 Å². The monoisotopic (exact) mass is 384 g/mol. The molecule has 0 fully saturated rings. The topological polar surface area (TPSA) is 0 Å². The van der Waals surface area contributed by atoms with Crippen LogP contribution in [-0.2, 0) is 13.2 Å². The van der Waals surface area contributed by atoms with Crippen molar-refractivity contribution in [3.8, 4) is 0 Å². The van der Waals surface area contributed by atoms with Gasteiger partial charge in [0.2, 0.25) is 0 Å². The van der Waals surface area contributed by atoms with Crippen LogP contribution in [0.3, 0.4) is 0 Å². The molecule has 0 aliphatic carbocycles. The minimum atomic E-state index is -0.250. The van der Waals surface area contributed by atoms with Crippen LogP contribution in [0.25, 0.3) is 0 Å². The van der Waals surface area contributed by atoms with Crippen LogP contribution in [0, 0.1) is 0 Å². The van der Waals surface area contributed by atoms with Gasteiger partial charge >= 0.3 is 40.5 Å². The molecule has 48 valence electrons. The molecule has 0 radical (unpaired) electrons. The third-order valence-corrected chi connectivity index (χ3v) is 1.97. The first kappa shape index (κ1) is 10.8. The van der Waals surface area contributed by atoms with Crippen molar-refractivity contribution in [2.45, 2.75) is 0 Å². The van der Waals surface area contributed by atoms with E-state index in [1.807, 2.05) is 16.8 Å². The van der Waals surface area contributed by atoms with Gasteiger partial charge in [0, 0.05) is 9.85 Å². The van der Waals surface area contributed by atoms with Gasteiger partial charge in [-0.25, -0.2) is 0 Å². The van der Waals surface area contributed by atoms with Gasteiger partial charge in [-0.05, 0) is 27.4 Å². The van der Waals surface area contributed by atoms with E-state index in [9.17, 15) is 0 Å². The Morgan fingerprint density at radius 1 is 1.44 bits per heavy atom. The Hall–Kier alpha value is 1.76. The van der Waals surface area contributed by atoms with E-state index in [4.69, 9.17) is 0 Å². The molecule has 0 spiro atoms. The van der Waals surface area contributed by atoms with E-state index < -0.39 is 0 Å².